The Morgan fingerprint density at radius 3 is 2.17 bits per heavy atom. The van der Waals surface area contributed by atoms with Gasteiger partial charge in [0.1, 0.15) is 0 Å². The van der Waals surface area contributed by atoms with Crippen LogP contribution in [-0.2, 0) is 9.59 Å². The Morgan fingerprint density at radius 1 is 1.00 bits per heavy atom. The van der Waals surface area contributed by atoms with Crippen LogP contribution in [0.15, 0.2) is 42.5 Å². The van der Waals surface area contributed by atoms with Gasteiger partial charge in [-0.3, -0.25) is 19.7 Å². The molecule has 2 aliphatic rings. The quantitative estimate of drug-likeness (QED) is 0.467. The number of nitrogens with one attached hydrogen (secondary N) is 1. The van der Waals surface area contributed by atoms with E-state index in [4.69, 9.17) is 0 Å². The van der Waals surface area contributed by atoms with Crippen molar-refractivity contribution in [3.8, 4) is 0 Å². The van der Waals surface area contributed by atoms with Gasteiger partial charge in [0, 0.05) is 17.8 Å². The first-order valence-corrected chi connectivity index (χ1v) is 10.1. The molecule has 2 aromatic rings. The highest BCUT2D eigenvalue weighted by molar-refractivity contribution is 6.22. The SMILES string of the molecule is Cc1cccc(C)c1N1C(=O)C[C@@H]([NH+]2CCN(c3ccc([N+](=O)[O-])cc3)CC2)C1=O. The second-order valence-corrected chi connectivity index (χ2v) is 7.98. The van der Waals surface area contributed by atoms with Gasteiger partial charge in [-0.2, -0.15) is 0 Å². The molecule has 0 saturated carbocycles. The van der Waals surface area contributed by atoms with Crippen molar-refractivity contribution >= 4 is 28.9 Å². The summed E-state index contributed by atoms with van der Waals surface area (Å²) in [5.74, 6) is -0.246. The number of nitro benzene ring substituents is 1. The van der Waals surface area contributed by atoms with Gasteiger partial charge in [0.2, 0.25) is 5.91 Å². The first-order chi connectivity index (χ1) is 14.4. The minimum Gasteiger partial charge on any atom is -0.360 e. The molecule has 0 bridgehead atoms. The number of aryl methyl sites for hydroxylation is 2. The van der Waals surface area contributed by atoms with Crippen molar-refractivity contribution in [2.24, 2.45) is 0 Å². The first kappa shape index (κ1) is 20.0. The topological polar surface area (TPSA) is 88.2 Å². The molecule has 2 aromatic carbocycles. The zero-order valence-electron chi connectivity index (χ0n) is 17.1. The van der Waals surface area contributed by atoms with Crippen molar-refractivity contribution in [1.82, 2.24) is 0 Å². The molecule has 4 rings (SSSR count). The predicted molar refractivity (Wildman–Crippen MR) is 113 cm³/mol. The van der Waals surface area contributed by atoms with E-state index in [1.165, 1.54) is 17.0 Å². The highest BCUT2D eigenvalue weighted by atomic mass is 16.6. The Morgan fingerprint density at radius 2 is 1.60 bits per heavy atom. The van der Waals surface area contributed by atoms with Crippen molar-refractivity contribution in [3.63, 3.8) is 0 Å². The van der Waals surface area contributed by atoms with Crippen molar-refractivity contribution in [2.45, 2.75) is 26.3 Å². The third-order valence-electron chi connectivity index (χ3n) is 6.13. The summed E-state index contributed by atoms with van der Waals surface area (Å²) in [5, 5.41) is 10.8. The summed E-state index contributed by atoms with van der Waals surface area (Å²) in [6, 6.07) is 12.0. The number of hydrogen-bond donors (Lipinski definition) is 1. The normalized spacial score (nSPS) is 20.1. The van der Waals surface area contributed by atoms with E-state index in [0.29, 0.717) is 0 Å². The van der Waals surface area contributed by atoms with Crippen molar-refractivity contribution in [1.29, 1.82) is 0 Å². The molecule has 8 nitrogen and oxygen atoms in total. The number of imide groups is 1. The van der Waals surface area contributed by atoms with Crippen LogP contribution in [0, 0.1) is 24.0 Å². The smallest absolute Gasteiger partial charge is 0.292 e. The zero-order valence-corrected chi connectivity index (χ0v) is 17.1. The van der Waals surface area contributed by atoms with Gasteiger partial charge in [0.25, 0.3) is 11.6 Å². The number of carbonyl (C=O) groups excluding carboxylic acids is 2. The average molecular weight is 409 g/mol. The number of quaternary nitrogens is 1. The summed E-state index contributed by atoms with van der Waals surface area (Å²) in [6.45, 7) is 6.78. The number of benzene rings is 2. The van der Waals surface area contributed by atoms with Crippen LogP contribution in [0.5, 0.6) is 0 Å². The lowest BCUT2D eigenvalue weighted by atomic mass is 10.1. The molecule has 0 radical (unpaired) electrons. The van der Waals surface area contributed by atoms with Crippen LogP contribution >= 0.6 is 0 Å². The molecule has 1 N–H and O–H groups in total. The van der Waals surface area contributed by atoms with Gasteiger partial charge in [-0.1, -0.05) is 18.2 Å². The number of para-hydroxylation sites is 1. The van der Waals surface area contributed by atoms with Crippen molar-refractivity contribution in [2.75, 3.05) is 36.0 Å². The second-order valence-electron chi connectivity index (χ2n) is 7.98. The molecule has 2 fully saturated rings. The monoisotopic (exact) mass is 409 g/mol. The van der Waals surface area contributed by atoms with E-state index >= 15 is 0 Å². The predicted octanol–water partition coefficient (Wildman–Crippen LogP) is 1.25. The molecule has 0 aliphatic carbocycles. The lowest BCUT2D eigenvalue weighted by molar-refractivity contribution is -0.915. The third kappa shape index (κ3) is 3.54. The lowest BCUT2D eigenvalue weighted by Crippen LogP contribution is -3.19. The van der Waals surface area contributed by atoms with Crippen LogP contribution in [0.3, 0.4) is 0 Å². The largest absolute Gasteiger partial charge is 0.360 e. The van der Waals surface area contributed by atoms with Gasteiger partial charge >= 0.3 is 0 Å². The zero-order chi connectivity index (χ0) is 21.4. The van der Waals surface area contributed by atoms with E-state index in [0.717, 1.165) is 53.6 Å². The number of hydrogen-bond acceptors (Lipinski definition) is 5. The number of non-ortho nitro benzene ring substituents is 1. The molecule has 30 heavy (non-hydrogen) atoms. The fraction of sp³-hybridized carbons (Fsp3) is 0.364. The van der Waals surface area contributed by atoms with Gasteiger partial charge in [0.15, 0.2) is 6.04 Å². The van der Waals surface area contributed by atoms with Crippen LogP contribution < -0.4 is 14.7 Å². The number of carbonyl (C=O) groups is 2. The van der Waals surface area contributed by atoms with E-state index in [-0.39, 0.29) is 30.0 Å². The summed E-state index contributed by atoms with van der Waals surface area (Å²) in [6.07, 6.45) is 0.236. The van der Waals surface area contributed by atoms with Gasteiger partial charge in [-0.25, -0.2) is 4.90 Å². The number of piperazine rings is 1. The second kappa shape index (κ2) is 7.87. The molecule has 156 valence electrons. The molecule has 1 atom stereocenters. The van der Waals surface area contributed by atoms with E-state index in [1.807, 2.05) is 32.0 Å². The molecule has 0 aromatic heterocycles. The fourth-order valence-electron chi connectivity index (χ4n) is 4.53. The van der Waals surface area contributed by atoms with Crippen LogP contribution in [0.2, 0.25) is 0 Å². The Kier molecular flexibility index (Phi) is 5.26. The Labute approximate surface area is 174 Å². The van der Waals surface area contributed by atoms with Crippen LogP contribution in [0.4, 0.5) is 17.1 Å². The maximum absolute atomic E-state index is 13.2. The number of anilines is 2. The van der Waals surface area contributed by atoms with Crippen molar-refractivity contribution < 1.29 is 19.4 Å². The van der Waals surface area contributed by atoms with E-state index in [9.17, 15) is 19.7 Å². The third-order valence-corrected chi connectivity index (χ3v) is 6.13. The Hall–Kier alpha value is -3.26. The van der Waals surface area contributed by atoms with Gasteiger partial charge < -0.3 is 9.80 Å². The van der Waals surface area contributed by atoms with Crippen LogP contribution in [-0.4, -0.2) is 49.0 Å². The van der Waals surface area contributed by atoms with E-state index < -0.39 is 4.92 Å². The highest BCUT2D eigenvalue weighted by Crippen LogP contribution is 2.29. The van der Waals surface area contributed by atoms with Crippen LogP contribution in [0.1, 0.15) is 17.5 Å². The molecule has 0 unspecified atom stereocenters. The van der Waals surface area contributed by atoms with Crippen LogP contribution in [0.25, 0.3) is 0 Å². The number of rotatable bonds is 4. The molecule has 0 spiro atoms. The summed E-state index contributed by atoms with van der Waals surface area (Å²) in [7, 11) is 0. The molecular weight excluding hydrogens is 384 g/mol. The summed E-state index contributed by atoms with van der Waals surface area (Å²) < 4.78 is 0. The Bertz CT molecular complexity index is 976. The molecule has 2 aliphatic heterocycles. The molecule has 2 saturated heterocycles. The number of nitrogens with zero attached hydrogens (tertiary/aromatic N) is 3. The summed E-state index contributed by atoms with van der Waals surface area (Å²) in [5.41, 5.74) is 3.58. The Balaban J connectivity index is 1.44. The minimum atomic E-state index is -0.406. The molecule has 8 heteroatoms. The summed E-state index contributed by atoms with van der Waals surface area (Å²) in [4.78, 5) is 41.0. The lowest BCUT2D eigenvalue weighted by Gasteiger charge is -2.35. The van der Waals surface area contributed by atoms with E-state index in [1.54, 1.807) is 12.1 Å². The maximum Gasteiger partial charge on any atom is 0.292 e. The minimum absolute atomic E-state index is 0.0738. The molecule has 2 heterocycles. The van der Waals surface area contributed by atoms with Gasteiger partial charge in [0.05, 0.1) is 43.2 Å². The molecular formula is C22H25N4O4+. The van der Waals surface area contributed by atoms with E-state index in [2.05, 4.69) is 4.90 Å². The fourth-order valence-corrected chi connectivity index (χ4v) is 4.53. The van der Waals surface area contributed by atoms with Crippen molar-refractivity contribution in [3.05, 3.63) is 63.7 Å². The first-order valence-electron chi connectivity index (χ1n) is 10.1. The van der Waals surface area contributed by atoms with Gasteiger partial charge in [-0.15, -0.1) is 0 Å². The summed E-state index contributed by atoms with van der Waals surface area (Å²) >= 11 is 0. The molecule has 2 amide bonds. The highest BCUT2D eigenvalue weighted by Gasteiger charge is 2.47. The number of amides is 2. The average Bonchev–Trinajstić information content (AvgIpc) is 3.02. The number of nitro groups is 1. The standard InChI is InChI=1S/C22H24N4O4/c1-15-4-3-5-16(2)21(15)25-20(27)14-19(22(25)28)24-12-10-23(11-13-24)17-6-8-18(9-7-17)26(29)30/h3-9,19H,10-14H2,1-2H3/p+1/t19-/m1/s1. The van der Waals surface area contributed by atoms with Gasteiger partial charge in [-0.05, 0) is 37.1 Å². The maximum atomic E-state index is 13.2.